The number of thiophene rings is 1. The summed E-state index contributed by atoms with van der Waals surface area (Å²) in [7, 11) is 0. The zero-order chi connectivity index (χ0) is 19.9. The number of alkyl halides is 3. The van der Waals surface area contributed by atoms with Gasteiger partial charge in [-0.25, -0.2) is 9.37 Å². The number of nitrogens with one attached hydrogen (secondary N) is 3. The summed E-state index contributed by atoms with van der Waals surface area (Å²) < 4.78 is 53.1. The molecule has 4 rings (SSSR count). The molecule has 0 unspecified atom stereocenters. The molecule has 0 bridgehead atoms. The van der Waals surface area contributed by atoms with Crippen molar-refractivity contribution >= 4 is 44.8 Å². The topological polar surface area (TPSA) is 78.5 Å². The molecule has 0 fully saturated rings. The first kappa shape index (κ1) is 18.2. The summed E-state index contributed by atoms with van der Waals surface area (Å²) in [5.41, 5.74) is 0.224. The Bertz CT molecular complexity index is 1150. The highest BCUT2D eigenvalue weighted by atomic mass is 32.1. The van der Waals surface area contributed by atoms with E-state index in [4.69, 9.17) is 0 Å². The zero-order valence-corrected chi connectivity index (χ0v) is 15.0. The molecule has 0 aliphatic heterocycles. The Labute approximate surface area is 159 Å². The smallest absolute Gasteiger partial charge is 0.324 e. The van der Waals surface area contributed by atoms with Crippen LogP contribution in [0.15, 0.2) is 35.7 Å². The van der Waals surface area contributed by atoms with Crippen LogP contribution in [-0.2, 0) is 6.18 Å². The molecule has 0 radical (unpaired) electrons. The zero-order valence-electron chi connectivity index (χ0n) is 14.2. The highest BCUT2D eigenvalue weighted by Crippen LogP contribution is 2.33. The molecule has 0 atom stereocenters. The summed E-state index contributed by atoms with van der Waals surface area (Å²) in [6.45, 7) is 1.84. The third kappa shape index (κ3) is 3.74. The molecule has 1 aromatic carbocycles. The van der Waals surface area contributed by atoms with Gasteiger partial charge in [-0.1, -0.05) is 0 Å². The number of nitrogens with zero attached hydrogens (tertiary/aromatic N) is 3. The van der Waals surface area contributed by atoms with Crippen molar-refractivity contribution in [3.8, 4) is 0 Å². The maximum absolute atomic E-state index is 13.6. The van der Waals surface area contributed by atoms with Crippen LogP contribution in [0, 0.1) is 12.7 Å². The van der Waals surface area contributed by atoms with Gasteiger partial charge in [-0.05, 0) is 36.6 Å². The van der Waals surface area contributed by atoms with E-state index in [0.29, 0.717) is 23.2 Å². The first-order valence-electron chi connectivity index (χ1n) is 7.97. The maximum Gasteiger partial charge on any atom is 0.416 e. The van der Waals surface area contributed by atoms with E-state index < -0.39 is 17.6 Å². The van der Waals surface area contributed by atoms with Crippen molar-refractivity contribution in [2.45, 2.75) is 13.1 Å². The van der Waals surface area contributed by atoms with E-state index in [9.17, 15) is 17.6 Å². The molecular weight excluding hydrogens is 396 g/mol. The number of H-pyrrole nitrogens is 1. The number of fused-ring (bicyclic) bond motifs is 1. The van der Waals surface area contributed by atoms with Crippen molar-refractivity contribution < 1.29 is 17.6 Å². The predicted octanol–water partition coefficient (Wildman–Crippen LogP) is 5.37. The summed E-state index contributed by atoms with van der Waals surface area (Å²) in [5.74, 6) is -0.0259. The SMILES string of the molecule is Cc1cc(Nc2nc(Nc3cc(F)cc(C(F)(F)F)c3)nc3ccsc23)n[nH]1. The highest BCUT2D eigenvalue weighted by Gasteiger charge is 2.31. The summed E-state index contributed by atoms with van der Waals surface area (Å²) in [6.07, 6.45) is -4.67. The third-order valence-electron chi connectivity index (χ3n) is 3.74. The molecule has 4 aromatic rings. The molecule has 3 N–H and O–H groups in total. The molecule has 144 valence electrons. The summed E-state index contributed by atoms with van der Waals surface area (Å²) >= 11 is 1.40. The second kappa shape index (κ2) is 6.75. The lowest BCUT2D eigenvalue weighted by atomic mass is 10.2. The van der Waals surface area contributed by atoms with E-state index in [1.165, 1.54) is 11.3 Å². The molecule has 3 heterocycles. The molecule has 0 aliphatic carbocycles. The van der Waals surface area contributed by atoms with Gasteiger partial charge in [0, 0.05) is 17.4 Å². The van der Waals surface area contributed by atoms with Crippen molar-refractivity contribution in [2.75, 3.05) is 10.6 Å². The highest BCUT2D eigenvalue weighted by molar-refractivity contribution is 7.17. The second-order valence-corrected chi connectivity index (χ2v) is 6.86. The van der Waals surface area contributed by atoms with E-state index in [1.807, 2.05) is 12.3 Å². The Hall–Kier alpha value is -3.21. The van der Waals surface area contributed by atoms with Gasteiger partial charge in [-0.2, -0.15) is 23.3 Å². The summed E-state index contributed by atoms with van der Waals surface area (Å²) in [4.78, 5) is 8.59. The van der Waals surface area contributed by atoms with Crippen LogP contribution in [-0.4, -0.2) is 20.2 Å². The van der Waals surface area contributed by atoms with Gasteiger partial charge in [0.1, 0.15) is 5.82 Å². The van der Waals surface area contributed by atoms with Crippen LogP contribution in [0.4, 0.5) is 40.8 Å². The van der Waals surface area contributed by atoms with E-state index in [0.717, 1.165) is 22.5 Å². The number of halogens is 4. The standard InChI is InChI=1S/C17H12F4N6S/c1-8-4-13(27-26-8)24-15-14-12(2-3-28-14)23-16(25-15)22-11-6-9(17(19,20)21)5-10(18)7-11/h2-7H,1H3,(H3,22,23,24,25,26,27). The van der Waals surface area contributed by atoms with Gasteiger partial charge in [-0.15, -0.1) is 11.3 Å². The van der Waals surface area contributed by atoms with Crippen molar-refractivity contribution in [3.05, 3.63) is 52.8 Å². The number of hydrogen-bond acceptors (Lipinski definition) is 6. The van der Waals surface area contributed by atoms with Crippen LogP contribution in [0.2, 0.25) is 0 Å². The average molecular weight is 408 g/mol. The fourth-order valence-corrected chi connectivity index (χ4v) is 3.34. The van der Waals surface area contributed by atoms with Crippen LogP contribution in [0.1, 0.15) is 11.3 Å². The van der Waals surface area contributed by atoms with Gasteiger partial charge in [0.2, 0.25) is 5.95 Å². The molecular formula is C17H12F4N6S. The molecule has 0 saturated carbocycles. The molecule has 0 amide bonds. The molecule has 6 nitrogen and oxygen atoms in total. The Morgan fingerprint density at radius 2 is 1.89 bits per heavy atom. The van der Waals surface area contributed by atoms with Gasteiger partial charge in [-0.3, -0.25) is 5.10 Å². The van der Waals surface area contributed by atoms with Gasteiger partial charge in [0.05, 0.1) is 15.8 Å². The van der Waals surface area contributed by atoms with Crippen LogP contribution >= 0.6 is 11.3 Å². The molecule has 11 heteroatoms. The number of rotatable bonds is 4. The molecule has 0 aliphatic rings. The molecule has 28 heavy (non-hydrogen) atoms. The fourth-order valence-electron chi connectivity index (χ4n) is 2.56. The number of hydrogen-bond donors (Lipinski definition) is 3. The second-order valence-electron chi connectivity index (χ2n) is 5.94. The normalized spacial score (nSPS) is 11.8. The molecule has 0 spiro atoms. The first-order valence-corrected chi connectivity index (χ1v) is 8.85. The lowest BCUT2D eigenvalue weighted by Crippen LogP contribution is -2.07. The monoisotopic (exact) mass is 408 g/mol. The fraction of sp³-hybridized carbons (Fsp3) is 0.118. The van der Waals surface area contributed by atoms with Crippen molar-refractivity contribution in [1.29, 1.82) is 0 Å². The van der Waals surface area contributed by atoms with Crippen LogP contribution in [0.25, 0.3) is 10.2 Å². The lowest BCUT2D eigenvalue weighted by molar-refractivity contribution is -0.137. The predicted molar refractivity (Wildman–Crippen MR) is 98.7 cm³/mol. The van der Waals surface area contributed by atoms with Gasteiger partial charge < -0.3 is 10.6 Å². The summed E-state index contributed by atoms with van der Waals surface area (Å²) in [6, 6.07) is 5.70. The number of aromatic nitrogens is 4. The quantitative estimate of drug-likeness (QED) is 0.396. The van der Waals surface area contributed by atoms with Gasteiger partial charge >= 0.3 is 6.18 Å². The lowest BCUT2D eigenvalue weighted by Gasteiger charge is -2.11. The van der Waals surface area contributed by atoms with E-state index >= 15 is 0 Å². The molecule has 0 saturated heterocycles. The first-order chi connectivity index (χ1) is 13.3. The van der Waals surface area contributed by atoms with Gasteiger partial charge in [0.25, 0.3) is 0 Å². The van der Waals surface area contributed by atoms with Crippen LogP contribution in [0.3, 0.4) is 0 Å². The van der Waals surface area contributed by atoms with Crippen LogP contribution < -0.4 is 10.6 Å². The van der Waals surface area contributed by atoms with Crippen LogP contribution in [0.5, 0.6) is 0 Å². The Kier molecular flexibility index (Phi) is 4.38. The number of aromatic amines is 1. The van der Waals surface area contributed by atoms with Crippen molar-refractivity contribution in [3.63, 3.8) is 0 Å². The maximum atomic E-state index is 13.6. The minimum absolute atomic E-state index is 0.0272. The average Bonchev–Trinajstić information content (AvgIpc) is 3.22. The van der Waals surface area contributed by atoms with Crippen molar-refractivity contribution in [1.82, 2.24) is 20.2 Å². The largest absolute Gasteiger partial charge is 0.416 e. The van der Waals surface area contributed by atoms with Gasteiger partial charge in [0.15, 0.2) is 11.6 Å². The Balaban J connectivity index is 1.71. The Morgan fingerprint density at radius 3 is 2.61 bits per heavy atom. The minimum Gasteiger partial charge on any atom is -0.324 e. The molecule has 3 aromatic heterocycles. The number of aryl methyl sites for hydroxylation is 1. The number of benzene rings is 1. The Morgan fingerprint density at radius 1 is 1.07 bits per heavy atom. The van der Waals surface area contributed by atoms with E-state index in [2.05, 4.69) is 30.8 Å². The van der Waals surface area contributed by atoms with E-state index in [1.54, 1.807) is 12.1 Å². The number of anilines is 4. The van der Waals surface area contributed by atoms with Crippen molar-refractivity contribution in [2.24, 2.45) is 0 Å². The summed E-state index contributed by atoms with van der Waals surface area (Å²) in [5, 5.41) is 14.4. The third-order valence-corrected chi connectivity index (χ3v) is 4.65. The van der Waals surface area contributed by atoms with E-state index in [-0.39, 0.29) is 11.6 Å². The minimum atomic E-state index is -4.67.